The molecule has 0 atom stereocenters. The molecular weight excluding hydrogens is 320 g/mol. The number of nitrogens with one attached hydrogen (secondary N) is 1. The van der Waals surface area contributed by atoms with Crippen LogP contribution in [0.4, 0.5) is 5.82 Å². The van der Waals surface area contributed by atoms with Crippen LogP contribution in [-0.4, -0.2) is 60.9 Å². The predicted octanol–water partition coefficient (Wildman–Crippen LogP) is 1.40. The molecule has 2 N–H and O–H groups in total. The van der Waals surface area contributed by atoms with Crippen molar-refractivity contribution < 1.29 is 9.90 Å². The first-order valence-electron chi connectivity index (χ1n) is 8.72. The Labute approximate surface area is 145 Å². The van der Waals surface area contributed by atoms with Crippen LogP contribution < -0.4 is 5.32 Å². The van der Waals surface area contributed by atoms with E-state index >= 15 is 0 Å². The number of rotatable bonds is 8. The van der Waals surface area contributed by atoms with Crippen LogP contribution in [0.3, 0.4) is 0 Å². The number of aliphatic carboxylic acids is 1. The van der Waals surface area contributed by atoms with Crippen molar-refractivity contribution in [2.24, 2.45) is 5.92 Å². The van der Waals surface area contributed by atoms with E-state index in [0.717, 1.165) is 25.2 Å². The Morgan fingerprint density at radius 2 is 2.20 bits per heavy atom. The molecule has 2 aromatic heterocycles. The molecule has 2 aliphatic carbocycles. The zero-order chi connectivity index (χ0) is 17.2. The zero-order valence-electron chi connectivity index (χ0n) is 14.0. The summed E-state index contributed by atoms with van der Waals surface area (Å²) in [5.74, 6) is 1.35. The fourth-order valence-corrected chi connectivity index (χ4v) is 3.30. The lowest BCUT2D eigenvalue weighted by Gasteiger charge is -2.43. The van der Waals surface area contributed by atoms with Crippen LogP contribution in [0.1, 0.15) is 25.7 Å². The van der Waals surface area contributed by atoms with E-state index < -0.39 is 5.97 Å². The van der Waals surface area contributed by atoms with Crippen LogP contribution in [0.2, 0.25) is 0 Å². The van der Waals surface area contributed by atoms with Crippen LogP contribution in [0.25, 0.3) is 5.82 Å². The van der Waals surface area contributed by atoms with Gasteiger partial charge in [-0.25, -0.2) is 9.67 Å². The van der Waals surface area contributed by atoms with Gasteiger partial charge in [0.05, 0.1) is 18.9 Å². The number of nitrogens with zero attached hydrogens (tertiary/aromatic N) is 5. The normalized spacial score (nSPS) is 22.6. The molecule has 2 aromatic rings. The minimum atomic E-state index is -0.741. The highest BCUT2D eigenvalue weighted by Crippen LogP contribution is 2.34. The molecule has 132 valence electrons. The Bertz CT molecular complexity index is 724. The van der Waals surface area contributed by atoms with Gasteiger partial charge in [-0.1, -0.05) is 0 Å². The molecule has 0 saturated heterocycles. The summed E-state index contributed by atoms with van der Waals surface area (Å²) in [5, 5.41) is 16.7. The molecule has 0 aromatic carbocycles. The van der Waals surface area contributed by atoms with Crippen molar-refractivity contribution in [3.8, 4) is 5.82 Å². The van der Waals surface area contributed by atoms with Crippen LogP contribution in [0, 0.1) is 5.92 Å². The first-order valence-corrected chi connectivity index (χ1v) is 8.72. The second kappa shape index (κ2) is 6.79. The quantitative estimate of drug-likeness (QED) is 0.748. The minimum Gasteiger partial charge on any atom is -0.480 e. The van der Waals surface area contributed by atoms with E-state index in [0.29, 0.717) is 23.8 Å². The first kappa shape index (κ1) is 16.0. The van der Waals surface area contributed by atoms with Crippen LogP contribution in [0.5, 0.6) is 0 Å². The number of hydrogen-bond donors (Lipinski definition) is 2. The Morgan fingerprint density at radius 1 is 1.36 bits per heavy atom. The summed E-state index contributed by atoms with van der Waals surface area (Å²) in [6.45, 7) is 1.06. The van der Waals surface area contributed by atoms with Gasteiger partial charge in [0.25, 0.3) is 0 Å². The monoisotopic (exact) mass is 342 g/mol. The molecule has 0 bridgehead atoms. The number of carbonyl (C=O) groups is 1. The van der Waals surface area contributed by atoms with Crippen LogP contribution in [-0.2, 0) is 4.79 Å². The van der Waals surface area contributed by atoms with Gasteiger partial charge in [-0.05, 0) is 37.7 Å². The fourth-order valence-electron chi connectivity index (χ4n) is 3.30. The van der Waals surface area contributed by atoms with Gasteiger partial charge in [0.15, 0.2) is 5.82 Å². The van der Waals surface area contributed by atoms with Gasteiger partial charge in [0.2, 0.25) is 0 Å². The Kier molecular flexibility index (Phi) is 4.35. The molecule has 8 heteroatoms. The summed E-state index contributed by atoms with van der Waals surface area (Å²) in [6.07, 6.45) is 11.3. The molecule has 8 nitrogen and oxygen atoms in total. The van der Waals surface area contributed by atoms with E-state index in [-0.39, 0.29) is 6.54 Å². The fraction of sp³-hybridized carbons (Fsp3) is 0.529. The minimum absolute atomic E-state index is 0.141. The third-order valence-electron chi connectivity index (χ3n) is 4.87. The third kappa shape index (κ3) is 3.96. The molecule has 2 saturated carbocycles. The predicted molar refractivity (Wildman–Crippen MR) is 91.5 cm³/mol. The smallest absolute Gasteiger partial charge is 0.317 e. The highest BCUT2D eigenvalue weighted by atomic mass is 16.4. The standard InChI is InChI=1S/C17H22N6O2/c24-17(25)11-22(10-12-2-3-12)14-6-13(7-14)20-15-8-18-9-16(21-15)23-5-1-4-19-23/h1,4-5,8-9,12-14H,2-3,6-7,10-11H2,(H,20,21)(H,24,25). The summed E-state index contributed by atoms with van der Waals surface area (Å²) in [4.78, 5) is 22.0. The molecule has 2 heterocycles. The number of hydrogen-bond acceptors (Lipinski definition) is 6. The second-order valence-electron chi connectivity index (χ2n) is 6.95. The van der Waals surface area contributed by atoms with Crippen LogP contribution >= 0.6 is 0 Å². The molecule has 2 aliphatic rings. The highest BCUT2D eigenvalue weighted by Gasteiger charge is 2.37. The van der Waals surface area contributed by atoms with E-state index in [1.807, 2.05) is 12.3 Å². The largest absolute Gasteiger partial charge is 0.480 e. The molecule has 0 unspecified atom stereocenters. The van der Waals surface area contributed by atoms with Crippen molar-refractivity contribution in [3.63, 3.8) is 0 Å². The highest BCUT2D eigenvalue weighted by molar-refractivity contribution is 5.69. The second-order valence-corrected chi connectivity index (χ2v) is 6.95. The molecule has 4 rings (SSSR count). The maximum Gasteiger partial charge on any atom is 0.317 e. The van der Waals surface area contributed by atoms with Gasteiger partial charge in [-0.15, -0.1) is 0 Å². The van der Waals surface area contributed by atoms with Crippen molar-refractivity contribution in [3.05, 3.63) is 30.9 Å². The van der Waals surface area contributed by atoms with Gasteiger partial charge >= 0.3 is 5.97 Å². The Hall–Kier alpha value is -2.48. The molecule has 0 radical (unpaired) electrons. The van der Waals surface area contributed by atoms with Crippen molar-refractivity contribution in [2.45, 2.75) is 37.8 Å². The van der Waals surface area contributed by atoms with Crippen molar-refractivity contribution in [1.29, 1.82) is 0 Å². The molecule has 0 amide bonds. The maximum atomic E-state index is 11.1. The number of anilines is 1. The lowest BCUT2D eigenvalue weighted by atomic mass is 9.85. The molecule has 2 fully saturated rings. The van der Waals surface area contributed by atoms with E-state index in [1.165, 1.54) is 12.8 Å². The van der Waals surface area contributed by atoms with Gasteiger partial charge in [0, 0.05) is 31.0 Å². The molecule has 25 heavy (non-hydrogen) atoms. The number of carboxylic acid groups (broad SMARTS) is 1. The van der Waals surface area contributed by atoms with Gasteiger partial charge in [-0.3, -0.25) is 14.7 Å². The lowest BCUT2D eigenvalue weighted by molar-refractivity contribution is -0.139. The average Bonchev–Trinajstić information content (AvgIpc) is 3.19. The topological polar surface area (TPSA) is 96.2 Å². The van der Waals surface area contributed by atoms with Crippen LogP contribution in [0.15, 0.2) is 30.9 Å². The lowest BCUT2D eigenvalue weighted by Crippen LogP contribution is -2.52. The van der Waals surface area contributed by atoms with E-state index in [4.69, 9.17) is 5.11 Å². The first-order chi connectivity index (χ1) is 12.2. The number of aromatic nitrogens is 4. The summed E-state index contributed by atoms with van der Waals surface area (Å²) in [5.41, 5.74) is 0. The van der Waals surface area contributed by atoms with E-state index in [1.54, 1.807) is 23.3 Å². The van der Waals surface area contributed by atoms with E-state index in [2.05, 4.69) is 25.3 Å². The molecule has 0 aliphatic heterocycles. The SMILES string of the molecule is O=C(O)CN(CC1CC1)C1CC(Nc2cncc(-n3cccn3)n2)C1. The summed E-state index contributed by atoms with van der Waals surface area (Å²) >= 11 is 0. The summed E-state index contributed by atoms with van der Waals surface area (Å²) < 4.78 is 1.67. The molecule has 0 spiro atoms. The van der Waals surface area contributed by atoms with E-state index in [9.17, 15) is 4.79 Å². The van der Waals surface area contributed by atoms with Crippen molar-refractivity contribution >= 4 is 11.8 Å². The summed E-state index contributed by atoms with van der Waals surface area (Å²) in [7, 11) is 0. The summed E-state index contributed by atoms with van der Waals surface area (Å²) in [6, 6.07) is 2.49. The van der Waals surface area contributed by atoms with Crippen molar-refractivity contribution in [2.75, 3.05) is 18.4 Å². The van der Waals surface area contributed by atoms with Gasteiger partial charge in [0.1, 0.15) is 5.82 Å². The molecular formula is C17H22N6O2. The third-order valence-corrected chi connectivity index (χ3v) is 4.87. The Balaban J connectivity index is 1.33. The van der Waals surface area contributed by atoms with Gasteiger partial charge in [-0.2, -0.15) is 5.10 Å². The number of carboxylic acids is 1. The maximum absolute atomic E-state index is 11.1. The average molecular weight is 342 g/mol. The van der Waals surface area contributed by atoms with Crippen molar-refractivity contribution in [1.82, 2.24) is 24.6 Å². The Morgan fingerprint density at radius 3 is 2.88 bits per heavy atom. The zero-order valence-corrected chi connectivity index (χ0v) is 14.0. The van der Waals surface area contributed by atoms with Gasteiger partial charge < -0.3 is 10.4 Å².